The zero-order chi connectivity index (χ0) is 28.8. The number of halogens is 3. The van der Waals surface area contributed by atoms with E-state index in [9.17, 15) is 14.0 Å². The average molecular weight is 572 g/mol. The van der Waals surface area contributed by atoms with Gasteiger partial charge in [0, 0.05) is 56.3 Å². The van der Waals surface area contributed by atoms with E-state index in [1.165, 1.54) is 12.1 Å². The van der Waals surface area contributed by atoms with Gasteiger partial charge in [-0.1, -0.05) is 44.5 Å². The highest BCUT2D eigenvalue weighted by Crippen LogP contribution is 2.53. The molecule has 3 fully saturated rings. The van der Waals surface area contributed by atoms with E-state index in [1.807, 2.05) is 55.7 Å². The van der Waals surface area contributed by atoms with Crippen LogP contribution in [-0.4, -0.2) is 60.9 Å². The van der Waals surface area contributed by atoms with Gasteiger partial charge in [-0.05, 0) is 72.4 Å². The van der Waals surface area contributed by atoms with E-state index in [2.05, 4.69) is 5.32 Å². The molecule has 3 atom stereocenters. The molecule has 0 saturated carbocycles. The standard InChI is InChI=1S/C32H40ClF2N3O2/c1-20(29(39)37-12-5-13-37)26-16-22(33)6-8-24(26)21-10-14-38(15-11-21)30(40)32(31(2,3)4)19-36-18-27(32)25-9-7-23(34)17-28(25)35/h6-9,16-17,20-21,27,36H,5,10-15,18-19H2,1-4H3/t20-,27-,32+/m0/s1. The normalized spacial score (nSPS) is 24.6. The van der Waals surface area contributed by atoms with E-state index in [-0.39, 0.29) is 23.7 Å². The molecule has 3 saturated heterocycles. The maximum absolute atomic E-state index is 15.0. The van der Waals surface area contributed by atoms with Gasteiger partial charge in [0.2, 0.25) is 11.8 Å². The summed E-state index contributed by atoms with van der Waals surface area (Å²) in [5.74, 6) is -1.53. The summed E-state index contributed by atoms with van der Waals surface area (Å²) in [4.78, 5) is 31.3. The molecule has 2 amide bonds. The fourth-order valence-electron chi connectivity index (χ4n) is 7.12. The van der Waals surface area contributed by atoms with Crippen LogP contribution in [0.25, 0.3) is 0 Å². The smallest absolute Gasteiger partial charge is 0.231 e. The van der Waals surface area contributed by atoms with Crippen molar-refractivity contribution in [3.05, 3.63) is 69.7 Å². The molecule has 0 radical (unpaired) electrons. The van der Waals surface area contributed by atoms with Crippen LogP contribution in [0.15, 0.2) is 36.4 Å². The summed E-state index contributed by atoms with van der Waals surface area (Å²) < 4.78 is 28.7. The van der Waals surface area contributed by atoms with Crippen molar-refractivity contribution in [1.82, 2.24) is 15.1 Å². The van der Waals surface area contributed by atoms with Crippen molar-refractivity contribution in [3.63, 3.8) is 0 Å². The first-order valence-corrected chi connectivity index (χ1v) is 14.8. The molecule has 2 aromatic carbocycles. The summed E-state index contributed by atoms with van der Waals surface area (Å²) in [6.45, 7) is 11.8. The number of piperidine rings is 1. The fraction of sp³-hybridized carbons (Fsp3) is 0.562. The van der Waals surface area contributed by atoms with Crippen molar-refractivity contribution in [2.24, 2.45) is 10.8 Å². The van der Waals surface area contributed by atoms with Crippen molar-refractivity contribution < 1.29 is 18.4 Å². The summed E-state index contributed by atoms with van der Waals surface area (Å²) in [6.07, 6.45) is 2.59. The van der Waals surface area contributed by atoms with Crippen molar-refractivity contribution >= 4 is 23.4 Å². The minimum Gasteiger partial charge on any atom is -0.342 e. The van der Waals surface area contributed by atoms with Gasteiger partial charge in [-0.3, -0.25) is 9.59 Å². The molecule has 0 aliphatic carbocycles. The first kappa shape index (κ1) is 29.0. The zero-order valence-corrected chi connectivity index (χ0v) is 24.7. The molecule has 3 aliphatic heterocycles. The number of hydrogen-bond donors (Lipinski definition) is 1. The van der Waals surface area contributed by atoms with Crippen molar-refractivity contribution in [3.8, 4) is 0 Å². The summed E-state index contributed by atoms with van der Waals surface area (Å²) in [5, 5.41) is 3.98. The molecule has 8 heteroatoms. The van der Waals surface area contributed by atoms with E-state index in [0.29, 0.717) is 36.8 Å². The van der Waals surface area contributed by atoms with E-state index in [4.69, 9.17) is 11.6 Å². The third-order valence-corrected chi connectivity index (χ3v) is 9.92. The molecule has 0 bridgehead atoms. The zero-order valence-electron chi connectivity index (χ0n) is 23.9. The highest BCUT2D eigenvalue weighted by Gasteiger charge is 2.58. The van der Waals surface area contributed by atoms with Crippen LogP contribution in [0.3, 0.4) is 0 Å². The Kier molecular flexibility index (Phi) is 8.01. The minimum atomic E-state index is -0.873. The summed E-state index contributed by atoms with van der Waals surface area (Å²) in [7, 11) is 0. The fourth-order valence-corrected chi connectivity index (χ4v) is 7.30. The van der Waals surface area contributed by atoms with Gasteiger partial charge in [0.25, 0.3) is 0 Å². The second-order valence-electron chi connectivity index (χ2n) is 12.8. The molecule has 5 nitrogen and oxygen atoms in total. The highest BCUT2D eigenvalue weighted by atomic mass is 35.5. The number of hydrogen-bond acceptors (Lipinski definition) is 3. The van der Waals surface area contributed by atoms with Crippen LogP contribution >= 0.6 is 11.6 Å². The number of carbonyl (C=O) groups is 2. The van der Waals surface area contributed by atoms with Crippen molar-refractivity contribution in [2.45, 2.75) is 64.7 Å². The van der Waals surface area contributed by atoms with Crippen LogP contribution in [-0.2, 0) is 9.59 Å². The predicted octanol–water partition coefficient (Wildman–Crippen LogP) is 6.08. The second-order valence-corrected chi connectivity index (χ2v) is 13.2. The largest absolute Gasteiger partial charge is 0.342 e. The lowest BCUT2D eigenvalue weighted by molar-refractivity contribution is -0.150. The SMILES string of the molecule is C[C@H](C(=O)N1CCC1)c1cc(Cl)ccc1C1CCN(C(=O)[C@@]2(C(C)(C)C)CNC[C@H]2c2ccc(F)cc2F)CC1. The third kappa shape index (κ3) is 5.04. The molecule has 5 rings (SSSR count). The highest BCUT2D eigenvalue weighted by molar-refractivity contribution is 6.30. The Hall–Kier alpha value is -2.51. The van der Waals surface area contributed by atoms with Crippen LogP contribution < -0.4 is 5.32 Å². The lowest BCUT2D eigenvalue weighted by Crippen LogP contribution is -2.56. The van der Waals surface area contributed by atoms with Gasteiger partial charge in [-0.2, -0.15) is 0 Å². The Labute approximate surface area is 241 Å². The van der Waals surface area contributed by atoms with Gasteiger partial charge in [0.15, 0.2) is 0 Å². The number of rotatable bonds is 5. The maximum Gasteiger partial charge on any atom is 0.231 e. The third-order valence-electron chi connectivity index (χ3n) is 9.68. The van der Waals surface area contributed by atoms with Gasteiger partial charge in [0.05, 0.1) is 11.3 Å². The molecule has 216 valence electrons. The number of benzene rings is 2. The molecule has 2 aromatic rings. The molecular formula is C32H40ClF2N3O2. The summed E-state index contributed by atoms with van der Waals surface area (Å²) in [6, 6.07) is 9.54. The van der Waals surface area contributed by atoms with Crippen molar-refractivity contribution in [2.75, 3.05) is 39.3 Å². The van der Waals surface area contributed by atoms with Crippen LogP contribution in [0.4, 0.5) is 8.78 Å². The minimum absolute atomic E-state index is 0.0230. The first-order chi connectivity index (χ1) is 18.9. The molecule has 0 aromatic heterocycles. The van der Waals surface area contributed by atoms with Gasteiger partial charge < -0.3 is 15.1 Å². The lowest BCUT2D eigenvalue weighted by atomic mass is 9.58. The lowest BCUT2D eigenvalue weighted by Gasteiger charge is -2.48. The number of nitrogens with zero attached hydrogens (tertiary/aromatic N) is 2. The van der Waals surface area contributed by atoms with Crippen molar-refractivity contribution in [1.29, 1.82) is 0 Å². The average Bonchev–Trinajstić information content (AvgIpc) is 3.33. The van der Waals surface area contributed by atoms with E-state index in [1.54, 1.807) is 0 Å². The first-order valence-electron chi connectivity index (χ1n) is 14.5. The Morgan fingerprint density at radius 3 is 2.27 bits per heavy atom. The predicted molar refractivity (Wildman–Crippen MR) is 153 cm³/mol. The van der Waals surface area contributed by atoms with E-state index < -0.39 is 28.4 Å². The van der Waals surface area contributed by atoms with Gasteiger partial charge in [-0.25, -0.2) is 8.78 Å². The topological polar surface area (TPSA) is 52.7 Å². The Morgan fingerprint density at radius 2 is 1.68 bits per heavy atom. The number of amides is 2. The Bertz CT molecular complexity index is 1280. The monoisotopic (exact) mass is 571 g/mol. The molecule has 3 aliphatic rings. The number of carbonyl (C=O) groups excluding carboxylic acids is 2. The molecule has 0 spiro atoms. The van der Waals surface area contributed by atoms with E-state index in [0.717, 1.165) is 49.5 Å². The van der Waals surface area contributed by atoms with Crippen LogP contribution in [0.5, 0.6) is 0 Å². The quantitative estimate of drug-likeness (QED) is 0.473. The van der Waals surface area contributed by atoms with Crippen LogP contribution in [0.1, 0.15) is 81.4 Å². The maximum atomic E-state index is 15.0. The van der Waals surface area contributed by atoms with Gasteiger partial charge in [-0.15, -0.1) is 0 Å². The molecular weight excluding hydrogens is 532 g/mol. The molecule has 1 N–H and O–H groups in total. The van der Waals surface area contributed by atoms with Gasteiger partial charge >= 0.3 is 0 Å². The van der Waals surface area contributed by atoms with Crippen LogP contribution in [0.2, 0.25) is 5.02 Å². The summed E-state index contributed by atoms with van der Waals surface area (Å²) in [5.41, 5.74) is 1.16. The Morgan fingerprint density at radius 1 is 1.00 bits per heavy atom. The number of likely N-dealkylation sites (tertiary alicyclic amines) is 2. The molecule has 0 unspecified atom stereocenters. The van der Waals surface area contributed by atoms with Crippen LogP contribution in [0, 0.1) is 22.5 Å². The summed E-state index contributed by atoms with van der Waals surface area (Å²) >= 11 is 6.38. The molecule has 40 heavy (non-hydrogen) atoms. The Balaban J connectivity index is 1.37. The second kappa shape index (κ2) is 11.1. The van der Waals surface area contributed by atoms with Gasteiger partial charge in [0.1, 0.15) is 11.6 Å². The van der Waals surface area contributed by atoms with E-state index >= 15 is 4.39 Å². The molecule has 3 heterocycles. The number of nitrogens with one attached hydrogen (secondary N) is 1.